The Kier molecular flexibility index (Phi) is 7.94. The summed E-state index contributed by atoms with van der Waals surface area (Å²) in [5, 5.41) is 0. The zero-order valence-corrected chi connectivity index (χ0v) is 4.94. The third-order valence-corrected chi connectivity index (χ3v) is 0.494. The van der Waals surface area contributed by atoms with Gasteiger partial charge >= 0.3 is 0 Å². The summed E-state index contributed by atoms with van der Waals surface area (Å²) >= 11 is 0. The molecule has 0 aromatic carbocycles. The summed E-state index contributed by atoms with van der Waals surface area (Å²) < 4.78 is 0. The van der Waals surface area contributed by atoms with Crippen LogP contribution in [0.25, 0.3) is 0 Å². The molecular weight excluding hydrogens is 90.1 g/mol. The average molecular weight is 103 g/mol. The largest absolute Gasteiger partial charge is 0.412 e. The molecule has 0 aliphatic carbocycles. The van der Waals surface area contributed by atoms with Gasteiger partial charge in [-0.25, -0.2) is 0 Å². The van der Waals surface area contributed by atoms with Crippen LogP contribution in [0.1, 0.15) is 0 Å². The highest BCUT2D eigenvalue weighted by molar-refractivity contribution is 4.68. The Labute approximate surface area is 44.8 Å². The molecule has 0 saturated carbocycles. The van der Waals surface area contributed by atoms with E-state index in [1.807, 2.05) is 20.2 Å². The molecule has 0 spiro atoms. The lowest BCUT2D eigenvalue weighted by Crippen LogP contribution is -2.09. The Morgan fingerprint density at radius 3 is 2.00 bits per heavy atom. The summed E-state index contributed by atoms with van der Waals surface area (Å²) in [5.41, 5.74) is 0. The summed E-state index contributed by atoms with van der Waals surface area (Å²) in [5.74, 6) is 0. The van der Waals surface area contributed by atoms with Gasteiger partial charge in [-0.05, 0) is 14.1 Å². The van der Waals surface area contributed by atoms with Crippen molar-refractivity contribution in [2.24, 2.45) is 0 Å². The molecule has 0 radical (unpaired) electrons. The molecule has 0 heterocycles. The van der Waals surface area contributed by atoms with E-state index >= 15 is 0 Å². The second-order valence-corrected chi connectivity index (χ2v) is 1.55. The third kappa shape index (κ3) is 10.7. The van der Waals surface area contributed by atoms with Crippen molar-refractivity contribution >= 4 is 0 Å². The first-order valence-electron chi connectivity index (χ1n) is 2.03. The Hall–Kier alpha value is -0.340. The Bertz CT molecular complexity index is 43.3. The van der Waals surface area contributed by atoms with Crippen molar-refractivity contribution in [1.29, 1.82) is 0 Å². The van der Waals surface area contributed by atoms with Gasteiger partial charge in [-0.3, -0.25) is 0 Å². The molecule has 2 N–H and O–H groups in total. The minimum atomic E-state index is 0. The van der Waals surface area contributed by atoms with Gasteiger partial charge in [0.15, 0.2) is 0 Å². The van der Waals surface area contributed by atoms with Crippen LogP contribution in [0.4, 0.5) is 0 Å². The van der Waals surface area contributed by atoms with Crippen LogP contribution < -0.4 is 0 Å². The van der Waals surface area contributed by atoms with E-state index in [9.17, 15) is 0 Å². The zero-order valence-electron chi connectivity index (χ0n) is 4.94. The molecule has 0 amide bonds. The number of likely N-dealkylation sites (N-methyl/N-ethyl adjacent to an activating group) is 1. The Morgan fingerprint density at radius 1 is 1.57 bits per heavy atom. The maximum Gasteiger partial charge on any atom is 0.0154 e. The molecular formula is C5H13NO. The molecule has 0 aromatic heterocycles. The lowest BCUT2D eigenvalue weighted by atomic mass is 10.6. The average Bonchev–Trinajstić information content (AvgIpc) is 1.35. The number of hydrogen-bond acceptors (Lipinski definition) is 1. The maximum atomic E-state index is 3.56. The fourth-order valence-corrected chi connectivity index (χ4v) is 0.258. The molecule has 0 fully saturated rings. The first-order valence-corrected chi connectivity index (χ1v) is 2.03. The molecule has 0 rings (SSSR count). The van der Waals surface area contributed by atoms with E-state index in [2.05, 4.69) is 11.5 Å². The lowest BCUT2D eigenvalue weighted by molar-refractivity contribution is 0.457. The van der Waals surface area contributed by atoms with E-state index in [0.717, 1.165) is 6.54 Å². The molecule has 2 nitrogen and oxygen atoms in total. The molecule has 0 unspecified atom stereocenters. The van der Waals surface area contributed by atoms with Crippen LogP contribution in [0.15, 0.2) is 12.7 Å². The minimum absolute atomic E-state index is 0. The van der Waals surface area contributed by atoms with Crippen molar-refractivity contribution in [1.82, 2.24) is 4.90 Å². The van der Waals surface area contributed by atoms with Crippen LogP contribution in [-0.4, -0.2) is 31.0 Å². The molecule has 7 heavy (non-hydrogen) atoms. The van der Waals surface area contributed by atoms with Crippen molar-refractivity contribution in [3.8, 4) is 0 Å². The highest BCUT2D eigenvalue weighted by atomic mass is 16.0. The molecule has 44 valence electrons. The van der Waals surface area contributed by atoms with Crippen molar-refractivity contribution in [3.63, 3.8) is 0 Å². The van der Waals surface area contributed by atoms with E-state index in [-0.39, 0.29) is 5.48 Å². The van der Waals surface area contributed by atoms with E-state index < -0.39 is 0 Å². The highest BCUT2D eigenvalue weighted by Crippen LogP contribution is 1.69. The van der Waals surface area contributed by atoms with Gasteiger partial charge in [-0.1, -0.05) is 6.08 Å². The van der Waals surface area contributed by atoms with Crippen molar-refractivity contribution < 1.29 is 5.48 Å². The maximum absolute atomic E-state index is 3.56. The SMILES string of the molecule is C=CCN(C)C.O. The first-order chi connectivity index (χ1) is 2.77. The number of rotatable bonds is 2. The van der Waals surface area contributed by atoms with E-state index in [4.69, 9.17) is 0 Å². The molecule has 0 bridgehead atoms. The van der Waals surface area contributed by atoms with Gasteiger partial charge in [0.2, 0.25) is 0 Å². The van der Waals surface area contributed by atoms with Crippen molar-refractivity contribution in [2.45, 2.75) is 0 Å². The van der Waals surface area contributed by atoms with Gasteiger partial charge in [0, 0.05) is 6.54 Å². The lowest BCUT2D eigenvalue weighted by Gasteiger charge is -2.01. The topological polar surface area (TPSA) is 34.7 Å². The van der Waals surface area contributed by atoms with Crippen LogP contribution in [0.3, 0.4) is 0 Å². The van der Waals surface area contributed by atoms with Crippen molar-refractivity contribution in [2.75, 3.05) is 20.6 Å². The van der Waals surface area contributed by atoms with Gasteiger partial charge in [0.05, 0.1) is 0 Å². The zero-order chi connectivity index (χ0) is 4.99. The van der Waals surface area contributed by atoms with E-state index in [1.54, 1.807) is 0 Å². The summed E-state index contributed by atoms with van der Waals surface area (Å²) in [4.78, 5) is 2.06. The standard InChI is InChI=1S/C5H11N.H2O/c1-4-5-6(2)3;/h4H,1,5H2,2-3H3;1H2. The van der Waals surface area contributed by atoms with Crippen LogP contribution in [0.2, 0.25) is 0 Å². The predicted molar refractivity (Wildman–Crippen MR) is 32.4 cm³/mol. The van der Waals surface area contributed by atoms with Gasteiger partial charge in [0.25, 0.3) is 0 Å². The van der Waals surface area contributed by atoms with Gasteiger partial charge in [-0.2, -0.15) is 0 Å². The molecule has 0 saturated heterocycles. The quantitative estimate of drug-likeness (QED) is 0.450. The second kappa shape index (κ2) is 5.66. The second-order valence-electron chi connectivity index (χ2n) is 1.55. The molecule has 0 aliphatic rings. The third-order valence-electron chi connectivity index (χ3n) is 0.494. The fraction of sp³-hybridized carbons (Fsp3) is 0.600. The van der Waals surface area contributed by atoms with Gasteiger partial charge < -0.3 is 10.4 Å². The van der Waals surface area contributed by atoms with Gasteiger partial charge in [-0.15, -0.1) is 6.58 Å². The normalized spacial score (nSPS) is 7.86. The number of hydrogen-bond donors (Lipinski definition) is 0. The predicted octanol–water partition coefficient (Wildman–Crippen LogP) is -0.0907. The first kappa shape index (κ1) is 9.83. The van der Waals surface area contributed by atoms with E-state index in [1.165, 1.54) is 0 Å². The summed E-state index contributed by atoms with van der Waals surface area (Å²) in [6.45, 7) is 4.53. The van der Waals surface area contributed by atoms with Gasteiger partial charge in [0.1, 0.15) is 0 Å². The van der Waals surface area contributed by atoms with Crippen LogP contribution in [0, 0.1) is 0 Å². The number of nitrogens with zero attached hydrogens (tertiary/aromatic N) is 1. The molecule has 0 aliphatic heterocycles. The monoisotopic (exact) mass is 103 g/mol. The smallest absolute Gasteiger partial charge is 0.0154 e. The minimum Gasteiger partial charge on any atom is -0.412 e. The Morgan fingerprint density at radius 2 is 2.00 bits per heavy atom. The van der Waals surface area contributed by atoms with Crippen LogP contribution in [0.5, 0.6) is 0 Å². The van der Waals surface area contributed by atoms with Crippen LogP contribution >= 0.6 is 0 Å². The molecule has 2 heteroatoms. The van der Waals surface area contributed by atoms with Crippen LogP contribution in [-0.2, 0) is 0 Å². The molecule has 0 aromatic rings. The molecule has 0 atom stereocenters. The van der Waals surface area contributed by atoms with E-state index in [0.29, 0.717) is 0 Å². The highest BCUT2D eigenvalue weighted by Gasteiger charge is 1.75. The summed E-state index contributed by atoms with van der Waals surface area (Å²) in [7, 11) is 4.03. The van der Waals surface area contributed by atoms with Crippen molar-refractivity contribution in [3.05, 3.63) is 12.7 Å². The fourth-order valence-electron chi connectivity index (χ4n) is 0.258. The Balaban J connectivity index is 0. The summed E-state index contributed by atoms with van der Waals surface area (Å²) in [6, 6.07) is 0. The summed E-state index contributed by atoms with van der Waals surface area (Å²) in [6.07, 6.45) is 1.88.